The Morgan fingerprint density at radius 1 is 0.600 bits per heavy atom. The third-order valence-electron chi connectivity index (χ3n) is 6.21. The molecule has 1 atom stereocenters. The first-order valence-corrected chi connectivity index (χ1v) is 13.4. The van der Waals surface area contributed by atoms with Gasteiger partial charge in [0.2, 0.25) is 5.91 Å². The topological polar surface area (TPSA) is 37.4 Å². The predicted octanol–water partition coefficient (Wildman–Crippen LogP) is 8.24. The Labute approximate surface area is 188 Å². The third-order valence-corrected chi connectivity index (χ3v) is 6.21. The molecule has 0 N–H and O–H groups in total. The lowest BCUT2D eigenvalue weighted by molar-refractivity contribution is -0.134. The van der Waals surface area contributed by atoms with E-state index in [4.69, 9.17) is 0 Å². The van der Waals surface area contributed by atoms with Gasteiger partial charge in [0.05, 0.1) is 0 Å². The molecule has 0 fully saturated rings. The number of hydrogen-bond acceptors (Lipinski definition) is 2. The molecule has 3 nitrogen and oxygen atoms in total. The summed E-state index contributed by atoms with van der Waals surface area (Å²) < 4.78 is 0. The van der Waals surface area contributed by atoms with Gasteiger partial charge in [0.15, 0.2) is 0 Å². The summed E-state index contributed by atoms with van der Waals surface area (Å²) in [6, 6.07) is 0.401. The van der Waals surface area contributed by atoms with Crippen LogP contribution >= 0.6 is 0 Å². The fraction of sp³-hybridized carbons (Fsp3) is 0.926. The summed E-state index contributed by atoms with van der Waals surface area (Å²) in [4.78, 5) is 26.6. The van der Waals surface area contributed by atoms with Gasteiger partial charge < -0.3 is 9.69 Å². The number of amides is 1. The smallest absolute Gasteiger partial charge is 0.222 e. The fourth-order valence-corrected chi connectivity index (χ4v) is 4.23. The van der Waals surface area contributed by atoms with Crippen molar-refractivity contribution in [2.75, 3.05) is 6.54 Å². The summed E-state index contributed by atoms with van der Waals surface area (Å²) in [7, 11) is 0. The van der Waals surface area contributed by atoms with E-state index < -0.39 is 0 Å². The van der Waals surface area contributed by atoms with Gasteiger partial charge in [0.25, 0.3) is 0 Å². The zero-order valence-electron chi connectivity index (χ0n) is 21.0. The minimum absolute atomic E-state index is 0.296. The van der Waals surface area contributed by atoms with Crippen LogP contribution in [0, 0.1) is 0 Å². The molecule has 3 heteroatoms. The van der Waals surface area contributed by atoms with E-state index in [1.807, 2.05) is 0 Å². The van der Waals surface area contributed by atoms with Gasteiger partial charge in [-0.2, -0.15) is 0 Å². The number of carbonyl (C=O) groups is 2. The first kappa shape index (κ1) is 29.1. The molecule has 0 aliphatic heterocycles. The maximum Gasteiger partial charge on any atom is 0.222 e. The molecule has 0 spiro atoms. The Morgan fingerprint density at radius 3 is 1.63 bits per heavy atom. The van der Waals surface area contributed by atoms with Crippen molar-refractivity contribution in [2.24, 2.45) is 0 Å². The molecule has 178 valence electrons. The third kappa shape index (κ3) is 16.9. The first-order valence-electron chi connectivity index (χ1n) is 13.4. The molecule has 0 aromatic carbocycles. The Hall–Kier alpha value is -0.860. The molecule has 0 aliphatic rings. The van der Waals surface area contributed by atoms with Crippen molar-refractivity contribution in [3.8, 4) is 0 Å². The van der Waals surface area contributed by atoms with Crippen LogP contribution in [-0.4, -0.2) is 29.2 Å². The fourth-order valence-electron chi connectivity index (χ4n) is 4.23. The van der Waals surface area contributed by atoms with Gasteiger partial charge in [-0.25, -0.2) is 0 Å². The van der Waals surface area contributed by atoms with Crippen LogP contribution in [0.2, 0.25) is 0 Å². The lowest BCUT2D eigenvalue weighted by Gasteiger charge is -2.32. The van der Waals surface area contributed by atoms with Crippen LogP contribution in [0.25, 0.3) is 0 Å². The van der Waals surface area contributed by atoms with Crippen LogP contribution in [0.5, 0.6) is 0 Å². The molecular formula is C27H53NO2. The van der Waals surface area contributed by atoms with Gasteiger partial charge in [-0.3, -0.25) is 4.79 Å². The standard InChI is InChI=1S/C27H53NO2/c1-5-8-11-13-14-19-23-27(30)28(24-10-7-3)26(21-17-12-9-6-2)22-18-15-16-20-25(4)29/h26H,5-24H2,1-4H3. The quantitative estimate of drug-likeness (QED) is 0.164. The van der Waals surface area contributed by atoms with Gasteiger partial charge in [0, 0.05) is 25.4 Å². The largest absolute Gasteiger partial charge is 0.340 e. The molecule has 1 amide bonds. The second-order valence-corrected chi connectivity index (χ2v) is 9.26. The Morgan fingerprint density at radius 2 is 1.07 bits per heavy atom. The molecule has 0 saturated heterocycles. The van der Waals surface area contributed by atoms with Gasteiger partial charge in [-0.05, 0) is 39.0 Å². The monoisotopic (exact) mass is 423 g/mol. The van der Waals surface area contributed by atoms with Crippen molar-refractivity contribution in [2.45, 2.75) is 156 Å². The van der Waals surface area contributed by atoms with Gasteiger partial charge in [-0.15, -0.1) is 0 Å². The summed E-state index contributed by atoms with van der Waals surface area (Å²) in [6.45, 7) is 9.33. The molecule has 0 saturated carbocycles. The van der Waals surface area contributed by atoms with Crippen LogP contribution < -0.4 is 0 Å². The number of ketones is 1. The van der Waals surface area contributed by atoms with E-state index in [-0.39, 0.29) is 0 Å². The number of unbranched alkanes of at least 4 members (excludes halogenated alkanes) is 11. The molecule has 0 bridgehead atoms. The zero-order chi connectivity index (χ0) is 22.5. The van der Waals surface area contributed by atoms with Crippen molar-refractivity contribution in [3.63, 3.8) is 0 Å². The van der Waals surface area contributed by atoms with Crippen molar-refractivity contribution in [3.05, 3.63) is 0 Å². The summed E-state index contributed by atoms with van der Waals surface area (Å²) in [5.74, 6) is 0.688. The molecule has 0 radical (unpaired) electrons. The van der Waals surface area contributed by atoms with Crippen LogP contribution in [0.15, 0.2) is 0 Å². The van der Waals surface area contributed by atoms with Gasteiger partial charge >= 0.3 is 0 Å². The van der Waals surface area contributed by atoms with E-state index in [1.165, 1.54) is 57.8 Å². The maximum absolute atomic E-state index is 13.1. The predicted molar refractivity (Wildman–Crippen MR) is 131 cm³/mol. The van der Waals surface area contributed by atoms with Crippen LogP contribution in [0.1, 0.15) is 150 Å². The highest BCUT2D eigenvalue weighted by molar-refractivity contribution is 5.76. The molecule has 0 aromatic heterocycles. The molecule has 0 heterocycles. The zero-order valence-corrected chi connectivity index (χ0v) is 21.0. The second-order valence-electron chi connectivity index (χ2n) is 9.26. The van der Waals surface area contributed by atoms with Gasteiger partial charge in [-0.1, -0.05) is 97.8 Å². The Balaban J connectivity index is 4.70. The highest BCUT2D eigenvalue weighted by Crippen LogP contribution is 2.21. The summed E-state index contributed by atoms with van der Waals surface area (Å²) >= 11 is 0. The number of nitrogens with zero attached hydrogens (tertiary/aromatic N) is 1. The van der Waals surface area contributed by atoms with E-state index in [2.05, 4.69) is 25.7 Å². The van der Waals surface area contributed by atoms with Crippen LogP contribution in [0.4, 0.5) is 0 Å². The number of Topliss-reactive ketones (excluding diaryl/α,β-unsaturated/α-hetero) is 1. The van der Waals surface area contributed by atoms with E-state index in [1.54, 1.807) is 6.92 Å². The van der Waals surface area contributed by atoms with Crippen LogP contribution in [0.3, 0.4) is 0 Å². The van der Waals surface area contributed by atoms with Gasteiger partial charge in [0.1, 0.15) is 5.78 Å². The van der Waals surface area contributed by atoms with Crippen molar-refractivity contribution in [1.82, 2.24) is 4.90 Å². The summed E-state index contributed by atoms with van der Waals surface area (Å²) in [6.07, 6.45) is 21.7. The van der Waals surface area contributed by atoms with E-state index in [0.29, 0.717) is 24.2 Å². The van der Waals surface area contributed by atoms with E-state index in [0.717, 1.165) is 64.3 Å². The van der Waals surface area contributed by atoms with Crippen molar-refractivity contribution < 1.29 is 9.59 Å². The Bertz CT molecular complexity index is 408. The minimum atomic E-state index is 0.296. The molecular weight excluding hydrogens is 370 g/mol. The Kier molecular flexibility index (Phi) is 20.8. The average molecular weight is 424 g/mol. The second kappa shape index (κ2) is 21.4. The molecule has 30 heavy (non-hydrogen) atoms. The normalized spacial score (nSPS) is 12.1. The van der Waals surface area contributed by atoms with E-state index in [9.17, 15) is 9.59 Å². The first-order chi connectivity index (χ1) is 14.6. The molecule has 1 unspecified atom stereocenters. The highest BCUT2D eigenvalue weighted by Gasteiger charge is 2.22. The molecule has 0 rings (SSSR count). The SMILES string of the molecule is CCCCCCCCC(=O)N(CCCC)C(CCCCCC)CCCCCC(C)=O. The van der Waals surface area contributed by atoms with E-state index >= 15 is 0 Å². The maximum atomic E-state index is 13.1. The number of rotatable bonds is 22. The average Bonchev–Trinajstić information content (AvgIpc) is 2.72. The molecule has 0 aliphatic carbocycles. The summed E-state index contributed by atoms with van der Waals surface area (Å²) in [5, 5.41) is 0. The number of carbonyl (C=O) groups excluding carboxylic acids is 2. The molecule has 0 aromatic rings. The lowest BCUT2D eigenvalue weighted by Crippen LogP contribution is -2.41. The summed E-state index contributed by atoms with van der Waals surface area (Å²) in [5.41, 5.74) is 0. The lowest BCUT2D eigenvalue weighted by atomic mass is 9.98. The number of hydrogen-bond donors (Lipinski definition) is 0. The van der Waals surface area contributed by atoms with Crippen molar-refractivity contribution >= 4 is 11.7 Å². The highest BCUT2D eigenvalue weighted by atomic mass is 16.2. The van der Waals surface area contributed by atoms with Crippen molar-refractivity contribution in [1.29, 1.82) is 0 Å². The minimum Gasteiger partial charge on any atom is -0.340 e. The van der Waals surface area contributed by atoms with Crippen LogP contribution in [-0.2, 0) is 9.59 Å².